The summed E-state index contributed by atoms with van der Waals surface area (Å²) in [4.78, 5) is 30.8. The highest BCUT2D eigenvalue weighted by Crippen LogP contribution is 2.39. The summed E-state index contributed by atoms with van der Waals surface area (Å²) in [6, 6.07) is 8.51. The van der Waals surface area contributed by atoms with Crippen molar-refractivity contribution in [1.29, 1.82) is 0 Å². The SMILES string of the molecule is CCCCCCCCc1ccc(CNc2ncnc3c2ncn3[C@@H]2O[C@H](COP(=O)(O)O)[C@@H](O)[C@H]2O)cc1. The molecule has 12 nitrogen and oxygen atoms in total. The fourth-order valence-corrected chi connectivity index (χ4v) is 4.89. The van der Waals surface area contributed by atoms with E-state index in [1.165, 1.54) is 61.3 Å². The van der Waals surface area contributed by atoms with E-state index in [-0.39, 0.29) is 0 Å². The first kappa shape index (κ1) is 28.6. The Morgan fingerprint density at radius 2 is 1.71 bits per heavy atom. The van der Waals surface area contributed by atoms with Gasteiger partial charge in [-0.2, -0.15) is 0 Å². The summed E-state index contributed by atoms with van der Waals surface area (Å²) in [5, 5.41) is 24.1. The Morgan fingerprint density at radius 1 is 1.00 bits per heavy atom. The maximum Gasteiger partial charge on any atom is 0.469 e. The minimum Gasteiger partial charge on any atom is -0.387 e. The Labute approximate surface area is 221 Å². The van der Waals surface area contributed by atoms with Crippen molar-refractivity contribution in [2.45, 2.75) is 83.0 Å². The van der Waals surface area contributed by atoms with E-state index in [4.69, 9.17) is 14.5 Å². The monoisotopic (exact) mass is 549 g/mol. The third kappa shape index (κ3) is 7.35. The first-order chi connectivity index (χ1) is 18.3. The van der Waals surface area contributed by atoms with Crippen LogP contribution in [0.2, 0.25) is 0 Å². The maximum absolute atomic E-state index is 11.0. The Kier molecular flexibility index (Phi) is 9.83. The molecule has 0 radical (unpaired) electrons. The first-order valence-electron chi connectivity index (χ1n) is 13.0. The molecule has 3 aromatic rings. The Hall–Kier alpha value is -2.44. The predicted molar refractivity (Wildman–Crippen MR) is 140 cm³/mol. The van der Waals surface area contributed by atoms with Crippen molar-refractivity contribution >= 4 is 24.8 Å². The van der Waals surface area contributed by atoms with Crippen LogP contribution in [0.15, 0.2) is 36.9 Å². The van der Waals surface area contributed by atoms with E-state index in [1.807, 2.05) is 0 Å². The molecule has 1 aliphatic rings. The molecule has 0 amide bonds. The number of ether oxygens (including phenoxy) is 1. The topological polar surface area (TPSA) is 172 Å². The van der Waals surface area contributed by atoms with Gasteiger partial charge in [-0.25, -0.2) is 19.5 Å². The van der Waals surface area contributed by atoms with Crippen LogP contribution in [0.1, 0.15) is 62.8 Å². The lowest BCUT2D eigenvalue weighted by atomic mass is 10.0. The second kappa shape index (κ2) is 13.1. The molecule has 0 unspecified atom stereocenters. The number of unbranched alkanes of at least 4 members (excludes halogenated alkanes) is 5. The average molecular weight is 550 g/mol. The summed E-state index contributed by atoms with van der Waals surface area (Å²) in [6.07, 6.45) is 6.49. The molecule has 1 saturated heterocycles. The van der Waals surface area contributed by atoms with Crippen molar-refractivity contribution in [2.24, 2.45) is 0 Å². The van der Waals surface area contributed by atoms with Crippen LogP contribution in [0.5, 0.6) is 0 Å². The zero-order valence-corrected chi connectivity index (χ0v) is 22.3. The molecule has 3 heterocycles. The fourth-order valence-electron chi connectivity index (χ4n) is 4.55. The molecule has 5 N–H and O–H groups in total. The van der Waals surface area contributed by atoms with Crippen LogP contribution in [0.25, 0.3) is 11.2 Å². The molecule has 13 heteroatoms. The highest BCUT2D eigenvalue weighted by Gasteiger charge is 2.45. The van der Waals surface area contributed by atoms with Gasteiger partial charge in [0.15, 0.2) is 23.2 Å². The third-order valence-corrected chi connectivity index (χ3v) is 7.16. The molecule has 1 fully saturated rings. The van der Waals surface area contributed by atoms with Gasteiger partial charge in [0, 0.05) is 6.54 Å². The standard InChI is InChI=1S/C25H36N5O7P/c1-2-3-4-5-6-7-8-17-9-11-18(12-10-17)13-26-23-20-24(28-15-27-23)30(16-29-20)25-22(32)21(31)19(37-25)14-36-38(33,34)35/h9-12,15-16,19,21-22,25,31-32H,2-8,13-14H2,1H3,(H,26,27,28)(H2,33,34,35)/t19-,21-,22-,25-/m1/s1. The molecule has 4 atom stereocenters. The molecule has 0 saturated carbocycles. The van der Waals surface area contributed by atoms with Crippen molar-refractivity contribution in [3.05, 3.63) is 48.0 Å². The van der Waals surface area contributed by atoms with Crippen LogP contribution >= 0.6 is 7.82 Å². The molecule has 1 aliphatic heterocycles. The van der Waals surface area contributed by atoms with Crippen LogP contribution in [0.3, 0.4) is 0 Å². The first-order valence-corrected chi connectivity index (χ1v) is 14.5. The van der Waals surface area contributed by atoms with Crippen molar-refractivity contribution in [3.8, 4) is 0 Å². The molecule has 1 aromatic carbocycles. The number of imidazole rings is 1. The molecule has 0 bridgehead atoms. The van der Waals surface area contributed by atoms with Crippen molar-refractivity contribution in [3.63, 3.8) is 0 Å². The normalized spacial score (nSPS) is 21.8. The van der Waals surface area contributed by atoms with Gasteiger partial charge in [0.2, 0.25) is 0 Å². The van der Waals surface area contributed by atoms with Gasteiger partial charge in [-0.3, -0.25) is 9.09 Å². The lowest BCUT2D eigenvalue weighted by molar-refractivity contribution is -0.0504. The Balaban J connectivity index is 1.36. The lowest BCUT2D eigenvalue weighted by Gasteiger charge is -2.16. The second-order valence-electron chi connectivity index (χ2n) is 9.57. The van der Waals surface area contributed by atoms with Crippen LogP contribution in [-0.2, 0) is 26.8 Å². The molecule has 0 spiro atoms. The van der Waals surface area contributed by atoms with Crippen LogP contribution < -0.4 is 5.32 Å². The summed E-state index contributed by atoms with van der Waals surface area (Å²) >= 11 is 0. The van der Waals surface area contributed by atoms with E-state index in [0.29, 0.717) is 23.5 Å². The molecule has 0 aliphatic carbocycles. The molecular formula is C25H36N5O7P. The van der Waals surface area contributed by atoms with E-state index >= 15 is 0 Å². The number of phosphoric acid groups is 1. The van der Waals surface area contributed by atoms with E-state index in [0.717, 1.165) is 12.0 Å². The number of hydrogen-bond donors (Lipinski definition) is 5. The van der Waals surface area contributed by atoms with Gasteiger partial charge in [-0.15, -0.1) is 0 Å². The summed E-state index contributed by atoms with van der Waals surface area (Å²) < 4.78 is 22.5. The van der Waals surface area contributed by atoms with Gasteiger partial charge in [0.25, 0.3) is 0 Å². The molecule has 38 heavy (non-hydrogen) atoms. The molecular weight excluding hydrogens is 513 g/mol. The minimum absolute atomic E-state index is 0.365. The van der Waals surface area contributed by atoms with Crippen LogP contribution in [0, 0.1) is 0 Å². The van der Waals surface area contributed by atoms with Gasteiger partial charge in [0.1, 0.15) is 24.6 Å². The summed E-state index contributed by atoms with van der Waals surface area (Å²) in [5.41, 5.74) is 3.24. The number of aromatic nitrogens is 4. The number of nitrogens with one attached hydrogen (secondary N) is 1. The number of nitrogens with zero attached hydrogens (tertiary/aromatic N) is 4. The second-order valence-corrected chi connectivity index (χ2v) is 10.8. The number of aliphatic hydroxyl groups is 2. The summed E-state index contributed by atoms with van der Waals surface area (Å²) in [7, 11) is -4.76. The number of aliphatic hydroxyl groups excluding tert-OH is 2. The smallest absolute Gasteiger partial charge is 0.387 e. The van der Waals surface area contributed by atoms with Gasteiger partial charge in [-0.05, 0) is 24.0 Å². The van der Waals surface area contributed by atoms with E-state index in [1.54, 1.807) is 0 Å². The van der Waals surface area contributed by atoms with E-state index < -0.39 is 39.0 Å². The zero-order chi connectivity index (χ0) is 27.1. The van der Waals surface area contributed by atoms with Crippen molar-refractivity contribution in [1.82, 2.24) is 19.5 Å². The van der Waals surface area contributed by atoms with Gasteiger partial charge >= 0.3 is 7.82 Å². The number of fused-ring (bicyclic) bond motifs is 1. The third-order valence-electron chi connectivity index (χ3n) is 6.68. The van der Waals surface area contributed by atoms with Crippen LogP contribution in [-0.4, -0.2) is 64.4 Å². The quantitative estimate of drug-likeness (QED) is 0.148. The van der Waals surface area contributed by atoms with Crippen molar-refractivity contribution < 1.29 is 33.8 Å². The number of benzene rings is 1. The number of aryl methyl sites for hydroxylation is 1. The lowest BCUT2D eigenvalue weighted by Crippen LogP contribution is -2.33. The number of phosphoric ester groups is 1. The number of rotatable bonds is 14. The Bertz CT molecular complexity index is 1220. The van der Waals surface area contributed by atoms with Gasteiger partial charge < -0.3 is 30.1 Å². The van der Waals surface area contributed by atoms with E-state index in [9.17, 15) is 14.8 Å². The minimum atomic E-state index is -4.76. The highest BCUT2D eigenvalue weighted by molar-refractivity contribution is 7.46. The number of anilines is 1. The Morgan fingerprint density at radius 3 is 2.45 bits per heavy atom. The molecule has 208 valence electrons. The van der Waals surface area contributed by atoms with Gasteiger partial charge in [-0.1, -0.05) is 63.3 Å². The van der Waals surface area contributed by atoms with Crippen molar-refractivity contribution in [2.75, 3.05) is 11.9 Å². The van der Waals surface area contributed by atoms with Gasteiger partial charge in [0.05, 0.1) is 12.9 Å². The predicted octanol–water partition coefficient (Wildman–Crippen LogP) is 3.07. The largest absolute Gasteiger partial charge is 0.469 e. The highest BCUT2D eigenvalue weighted by atomic mass is 31.2. The molecule has 2 aromatic heterocycles. The number of hydrogen-bond acceptors (Lipinski definition) is 9. The summed E-state index contributed by atoms with van der Waals surface area (Å²) in [6.45, 7) is 2.16. The maximum atomic E-state index is 11.0. The summed E-state index contributed by atoms with van der Waals surface area (Å²) in [5.74, 6) is 0.499. The molecule has 4 rings (SSSR count). The van der Waals surface area contributed by atoms with Crippen LogP contribution in [0.4, 0.5) is 5.82 Å². The average Bonchev–Trinajstić information content (AvgIpc) is 3.45. The zero-order valence-electron chi connectivity index (χ0n) is 21.4. The fraction of sp³-hybridized carbons (Fsp3) is 0.560. The van der Waals surface area contributed by atoms with E-state index in [2.05, 4.69) is 56.0 Å².